The molecule has 1 aromatic rings. The molecule has 0 aliphatic heterocycles. The molecule has 14 heavy (non-hydrogen) atoms. The van der Waals surface area contributed by atoms with Crippen LogP contribution >= 0.6 is 0 Å². The van der Waals surface area contributed by atoms with Gasteiger partial charge < -0.3 is 11.5 Å². The monoisotopic (exact) mass is 190 g/mol. The van der Waals surface area contributed by atoms with Crippen molar-refractivity contribution in [3.05, 3.63) is 29.8 Å². The number of hydrogen-bond acceptors (Lipinski definition) is 1. The van der Waals surface area contributed by atoms with Crippen molar-refractivity contribution in [1.82, 2.24) is 0 Å². The first-order chi connectivity index (χ1) is 6.58. The van der Waals surface area contributed by atoms with E-state index in [1.807, 2.05) is 31.2 Å². The van der Waals surface area contributed by atoms with Gasteiger partial charge in [0.05, 0.1) is 11.5 Å². The van der Waals surface area contributed by atoms with Crippen LogP contribution in [0, 0.1) is 6.92 Å². The molecule has 0 amide bonds. The fourth-order valence-corrected chi connectivity index (χ4v) is 0.957. The quantitative estimate of drug-likeness (QED) is 0.517. The molecule has 0 bridgehead atoms. The van der Waals surface area contributed by atoms with Gasteiger partial charge in [0.25, 0.3) is 0 Å². The van der Waals surface area contributed by atoms with E-state index in [0.717, 1.165) is 5.69 Å². The molecule has 4 nitrogen and oxygen atoms in total. The SMILES string of the molecule is CC(N)=NC(N)=Nc1ccc(C)cc1. The molecule has 0 aromatic heterocycles. The lowest BCUT2D eigenvalue weighted by Gasteiger charge is -1.96. The van der Waals surface area contributed by atoms with Crippen molar-refractivity contribution in [2.75, 3.05) is 0 Å². The molecule has 4 heteroatoms. The van der Waals surface area contributed by atoms with Gasteiger partial charge in [-0.2, -0.15) is 0 Å². The highest BCUT2D eigenvalue weighted by Gasteiger charge is 1.91. The van der Waals surface area contributed by atoms with Crippen molar-refractivity contribution < 1.29 is 0 Å². The van der Waals surface area contributed by atoms with Crippen LogP contribution in [0.2, 0.25) is 0 Å². The van der Waals surface area contributed by atoms with Gasteiger partial charge >= 0.3 is 0 Å². The predicted molar refractivity (Wildman–Crippen MR) is 59.8 cm³/mol. The normalized spacial score (nSPS) is 13.0. The Kier molecular flexibility index (Phi) is 3.23. The fraction of sp³-hybridized carbons (Fsp3) is 0.200. The first-order valence-corrected chi connectivity index (χ1v) is 4.29. The van der Waals surface area contributed by atoms with E-state index in [1.54, 1.807) is 6.92 Å². The second kappa shape index (κ2) is 4.41. The lowest BCUT2D eigenvalue weighted by Crippen LogP contribution is -2.15. The molecule has 0 atom stereocenters. The molecule has 1 aromatic carbocycles. The molecular weight excluding hydrogens is 176 g/mol. The van der Waals surface area contributed by atoms with Crippen LogP contribution in [0.25, 0.3) is 0 Å². The molecule has 0 spiro atoms. The Balaban J connectivity index is 2.87. The number of benzene rings is 1. The van der Waals surface area contributed by atoms with Crippen LogP contribution < -0.4 is 11.5 Å². The van der Waals surface area contributed by atoms with Gasteiger partial charge in [0.1, 0.15) is 0 Å². The van der Waals surface area contributed by atoms with Gasteiger partial charge in [0.2, 0.25) is 5.96 Å². The molecular formula is C10H14N4. The number of guanidine groups is 1. The number of rotatable bonds is 1. The van der Waals surface area contributed by atoms with Gasteiger partial charge in [-0.25, -0.2) is 9.98 Å². The third-order valence-corrected chi connectivity index (χ3v) is 1.57. The lowest BCUT2D eigenvalue weighted by molar-refractivity contribution is 1.38. The van der Waals surface area contributed by atoms with E-state index in [0.29, 0.717) is 5.84 Å². The molecule has 0 saturated heterocycles. The Labute approximate surface area is 83.4 Å². The van der Waals surface area contributed by atoms with E-state index in [9.17, 15) is 0 Å². The highest BCUT2D eigenvalue weighted by Crippen LogP contribution is 2.12. The zero-order chi connectivity index (χ0) is 10.6. The summed E-state index contributed by atoms with van der Waals surface area (Å²) in [5.41, 5.74) is 12.8. The van der Waals surface area contributed by atoms with E-state index < -0.39 is 0 Å². The summed E-state index contributed by atoms with van der Waals surface area (Å²) in [4.78, 5) is 7.88. The maximum atomic E-state index is 5.53. The van der Waals surface area contributed by atoms with Crippen molar-refractivity contribution in [3.8, 4) is 0 Å². The molecule has 0 aliphatic rings. The highest BCUT2D eigenvalue weighted by molar-refractivity contribution is 5.94. The largest absolute Gasteiger partial charge is 0.387 e. The Bertz CT molecular complexity index is 358. The maximum absolute atomic E-state index is 5.53. The Morgan fingerprint density at radius 3 is 2.21 bits per heavy atom. The van der Waals surface area contributed by atoms with Crippen LogP contribution in [-0.2, 0) is 0 Å². The van der Waals surface area contributed by atoms with E-state index in [4.69, 9.17) is 11.5 Å². The molecule has 0 unspecified atom stereocenters. The van der Waals surface area contributed by atoms with Crippen molar-refractivity contribution in [2.45, 2.75) is 13.8 Å². The second-order valence-corrected chi connectivity index (χ2v) is 3.06. The highest BCUT2D eigenvalue weighted by atomic mass is 15.1. The van der Waals surface area contributed by atoms with Crippen LogP contribution in [0.3, 0.4) is 0 Å². The number of aryl methyl sites for hydroxylation is 1. The number of aliphatic imine (C=N–C) groups is 2. The minimum absolute atomic E-state index is 0.175. The fourth-order valence-electron chi connectivity index (χ4n) is 0.957. The molecule has 1 rings (SSSR count). The van der Waals surface area contributed by atoms with Crippen LogP contribution in [-0.4, -0.2) is 11.8 Å². The van der Waals surface area contributed by atoms with Crippen molar-refractivity contribution in [3.63, 3.8) is 0 Å². The van der Waals surface area contributed by atoms with Crippen LogP contribution in [0.4, 0.5) is 5.69 Å². The number of hydrogen-bond donors (Lipinski definition) is 2. The van der Waals surface area contributed by atoms with Crippen LogP contribution in [0.5, 0.6) is 0 Å². The van der Waals surface area contributed by atoms with Crippen LogP contribution in [0.15, 0.2) is 34.3 Å². The molecule has 4 N–H and O–H groups in total. The molecule has 0 aliphatic carbocycles. The average Bonchev–Trinajstić information content (AvgIpc) is 2.07. The first-order valence-electron chi connectivity index (χ1n) is 4.29. The van der Waals surface area contributed by atoms with E-state index in [2.05, 4.69) is 9.98 Å². The first kappa shape index (κ1) is 10.2. The van der Waals surface area contributed by atoms with Gasteiger partial charge in [-0.3, -0.25) is 0 Å². The molecule has 0 heterocycles. The average molecular weight is 190 g/mol. The topological polar surface area (TPSA) is 76.8 Å². The van der Waals surface area contributed by atoms with E-state index in [-0.39, 0.29) is 5.96 Å². The third kappa shape index (κ3) is 3.26. The zero-order valence-corrected chi connectivity index (χ0v) is 8.36. The Hall–Kier alpha value is -1.84. The summed E-state index contributed by atoms with van der Waals surface area (Å²) in [5, 5.41) is 0. The second-order valence-electron chi connectivity index (χ2n) is 3.06. The third-order valence-electron chi connectivity index (χ3n) is 1.57. The zero-order valence-electron chi connectivity index (χ0n) is 8.36. The lowest BCUT2D eigenvalue weighted by atomic mass is 10.2. The number of nitrogens with zero attached hydrogens (tertiary/aromatic N) is 2. The maximum Gasteiger partial charge on any atom is 0.222 e. The van der Waals surface area contributed by atoms with Gasteiger partial charge in [-0.1, -0.05) is 17.7 Å². The van der Waals surface area contributed by atoms with Crippen molar-refractivity contribution >= 4 is 17.5 Å². The minimum Gasteiger partial charge on any atom is -0.387 e. The summed E-state index contributed by atoms with van der Waals surface area (Å²) < 4.78 is 0. The van der Waals surface area contributed by atoms with E-state index in [1.165, 1.54) is 5.56 Å². The number of amidine groups is 1. The standard InChI is InChI=1S/C10H14N4/c1-7-3-5-9(6-4-7)14-10(12)13-8(2)11/h3-6H,1-2H3,(H4,11,12,13,14). The molecule has 0 saturated carbocycles. The van der Waals surface area contributed by atoms with Gasteiger partial charge in [0, 0.05) is 0 Å². The summed E-state index contributed by atoms with van der Waals surface area (Å²) in [6.45, 7) is 3.68. The molecule has 0 fully saturated rings. The minimum atomic E-state index is 0.175. The summed E-state index contributed by atoms with van der Waals surface area (Å²) in [6.07, 6.45) is 0. The van der Waals surface area contributed by atoms with Gasteiger partial charge in [-0.15, -0.1) is 0 Å². The smallest absolute Gasteiger partial charge is 0.222 e. The summed E-state index contributed by atoms with van der Waals surface area (Å²) in [6, 6.07) is 7.68. The van der Waals surface area contributed by atoms with Crippen molar-refractivity contribution in [2.24, 2.45) is 21.5 Å². The van der Waals surface area contributed by atoms with Crippen molar-refractivity contribution in [1.29, 1.82) is 0 Å². The van der Waals surface area contributed by atoms with E-state index >= 15 is 0 Å². The van der Waals surface area contributed by atoms with Gasteiger partial charge in [-0.05, 0) is 26.0 Å². The molecule has 74 valence electrons. The van der Waals surface area contributed by atoms with Crippen LogP contribution in [0.1, 0.15) is 12.5 Å². The summed E-state index contributed by atoms with van der Waals surface area (Å²) in [7, 11) is 0. The summed E-state index contributed by atoms with van der Waals surface area (Å²) >= 11 is 0. The Morgan fingerprint density at radius 2 is 1.71 bits per heavy atom. The van der Waals surface area contributed by atoms with Gasteiger partial charge in [0.15, 0.2) is 0 Å². The number of nitrogens with two attached hydrogens (primary N) is 2. The Morgan fingerprint density at radius 1 is 1.14 bits per heavy atom. The predicted octanol–water partition coefficient (Wildman–Crippen LogP) is 1.32. The summed E-state index contributed by atoms with van der Waals surface area (Å²) in [5.74, 6) is 0.576. The molecule has 0 radical (unpaired) electrons.